The Hall–Kier alpha value is -3.40. The molecule has 1 nitrogen and oxygen atoms in total. The van der Waals surface area contributed by atoms with E-state index < -0.39 is 11.7 Å². The fraction of sp³-hybridized carbons (Fsp3) is 0.258. The fourth-order valence-electron chi connectivity index (χ4n) is 6.04. The molecule has 1 aromatic heterocycles. The maximum atomic E-state index is 13.3. The predicted octanol–water partition coefficient (Wildman–Crippen LogP) is 7.77. The minimum atomic E-state index is -4.34. The lowest BCUT2D eigenvalue weighted by Crippen LogP contribution is -2.45. The predicted molar refractivity (Wildman–Crippen MR) is 133 cm³/mol. The standard InChI is InChI=1S/C31H27F3N/c1-19(2)35-29-24-9-5-3-7-20(24)13-17-26(29)28(22-11-15-23(16-12-22)31(32,33)34)27-18-14-21-8-4-6-10-25(21)30(27)35/h3-12,15-16,19H,13-14,17-18H2,1-2H3/q+1. The van der Waals surface area contributed by atoms with Gasteiger partial charge in [0.2, 0.25) is 11.4 Å². The highest BCUT2D eigenvalue weighted by Gasteiger charge is 2.39. The van der Waals surface area contributed by atoms with Crippen LogP contribution in [0.3, 0.4) is 0 Å². The minimum absolute atomic E-state index is 0.233. The normalized spacial score (nSPS) is 14.2. The first-order valence-corrected chi connectivity index (χ1v) is 12.3. The molecule has 0 N–H and O–H groups in total. The van der Waals surface area contributed by atoms with Gasteiger partial charge in [-0.15, -0.1) is 0 Å². The number of aromatic nitrogens is 1. The molecule has 0 bridgehead atoms. The van der Waals surface area contributed by atoms with Gasteiger partial charge < -0.3 is 0 Å². The van der Waals surface area contributed by atoms with Gasteiger partial charge in [-0.1, -0.05) is 48.5 Å². The first-order valence-electron chi connectivity index (χ1n) is 12.3. The molecule has 0 radical (unpaired) electrons. The summed E-state index contributed by atoms with van der Waals surface area (Å²) in [4.78, 5) is 0. The quantitative estimate of drug-likeness (QED) is 0.264. The molecule has 0 atom stereocenters. The molecule has 4 aromatic rings. The zero-order chi connectivity index (χ0) is 24.3. The minimum Gasteiger partial charge on any atom is -0.189 e. The smallest absolute Gasteiger partial charge is 0.189 e. The first kappa shape index (κ1) is 22.1. The number of hydrogen-bond donors (Lipinski definition) is 0. The molecule has 0 fully saturated rings. The third-order valence-corrected chi connectivity index (χ3v) is 7.51. The summed E-state index contributed by atoms with van der Waals surface area (Å²) in [6.45, 7) is 4.46. The average molecular weight is 471 g/mol. The summed E-state index contributed by atoms with van der Waals surface area (Å²) in [5.41, 5.74) is 11.5. The van der Waals surface area contributed by atoms with Crippen molar-refractivity contribution < 1.29 is 17.7 Å². The summed E-state index contributed by atoms with van der Waals surface area (Å²) < 4.78 is 42.5. The topological polar surface area (TPSA) is 3.88 Å². The second kappa shape index (κ2) is 8.08. The number of rotatable bonds is 2. The van der Waals surface area contributed by atoms with Gasteiger partial charge in [0.1, 0.15) is 0 Å². The fourth-order valence-corrected chi connectivity index (χ4v) is 6.04. The van der Waals surface area contributed by atoms with Crippen LogP contribution < -0.4 is 4.57 Å². The summed E-state index contributed by atoms with van der Waals surface area (Å²) in [6, 6.07) is 23.2. The van der Waals surface area contributed by atoms with Gasteiger partial charge in [0.05, 0.1) is 5.56 Å². The van der Waals surface area contributed by atoms with Crippen LogP contribution in [0.25, 0.3) is 33.6 Å². The highest BCUT2D eigenvalue weighted by molar-refractivity contribution is 5.85. The number of benzene rings is 3. The Bertz CT molecular complexity index is 1370. The van der Waals surface area contributed by atoms with Crippen LogP contribution in [0.2, 0.25) is 0 Å². The Morgan fingerprint density at radius 1 is 0.657 bits per heavy atom. The van der Waals surface area contributed by atoms with Crippen LogP contribution in [0.15, 0.2) is 72.8 Å². The summed E-state index contributed by atoms with van der Waals surface area (Å²) in [5.74, 6) is 0. The van der Waals surface area contributed by atoms with E-state index in [-0.39, 0.29) is 6.04 Å². The molecular formula is C31H27F3N+. The number of nitrogens with zero attached hydrogens (tertiary/aromatic N) is 1. The molecule has 0 saturated carbocycles. The summed E-state index contributed by atoms with van der Waals surface area (Å²) in [7, 11) is 0. The number of pyridine rings is 1. The van der Waals surface area contributed by atoms with Gasteiger partial charge in [-0.3, -0.25) is 0 Å². The van der Waals surface area contributed by atoms with E-state index in [2.05, 4.69) is 66.9 Å². The molecule has 3 aromatic carbocycles. The zero-order valence-corrected chi connectivity index (χ0v) is 19.9. The van der Waals surface area contributed by atoms with Crippen molar-refractivity contribution in [3.8, 4) is 33.6 Å². The maximum absolute atomic E-state index is 13.3. The van der Waals surface area contributed by atoms with Crippen molar-refractivity contribution in [2.24, 2.45) is 0 Å². The van der Waals surface area contributed by atoms with Crippen molar-refractivity contribution in [3.63, 3.8) is 0 Å². The van der Waals surface area contributed by atoms with Gasteiger partial charge >= 0.3 is 6.18 Å². The van der Waals surface area contributed by atoms with E-state index in [1.54, 1.807) is 12.1 Å². The molecule has 0 saturated heterocycles. The summed E-state index contributed by atoms with van der Waals surface area (Å²) in [5, 5.41) is 0. The molecule has 0 unspecified atom stereocenters. The van der Waals surface area contributed by atoms with Crippen molar-refractivity contribution in [1.82, 2.24) is 0 Å². The molecule has 2 aliphatic rings. The Morgan fingerprint density at radius 2 is 1.14 bits per heavy atom. The average Bonchev–Trinajstić information content (AvgIpc) is 2.86. The van der Waals surface area contributed by atoms with Crippen molar-refractivity contribution in [3.05, 3.63) is 101 Å². The second-order valence-electron chi connectivity index (χ2n) is 9.88. The Kier molecular flexibility index (Phi) is 5.10. The largest absolute Gasteiger partial charge is 0.416 e. The van der Waals surface area contributed by atoms with Crippen LogP contribution in [-0.4, -0.2) is 0 Å². The Morgan fingerprint density at radius 3 is 1.60 bits per heavy atom. The van der Waals surface area contributed by atoms with Crippen LogP contribution in [0.1, 0.15) is 47.7 Å². The van der Waals surface area contributed by atoms with Crippen LogP contribution in [0.5, 0.6) is 0 Å². The van der Waals surface area contributed by atoms with Crippen LogP contribution in [-0.2, 0) is 31.9 Å². The molecule has 0 amide bonds. The molecular weight excluding hydrogens is 443 g/mol. The van der Waals surface area contributed by atoms with Crippen LogP contribution in [0, 0.1) is 0 Å². The highest BCUT2D eigenvalue weighted by Crippen LogP contribution is 2.45. The number of halogens is 3. The molecule has 6 rings (SSSR count). The third-order valence-electron chi connectivity index (χ3n) is 7.51. The van der Waals surface area contributed by atoms with Crippen LogP contribution >= 0.6 is 0 Å². The SMILES string of the molecule is CC(C)[n+]1c2c(c(-c3ccc(C(F)(F)F)cc3)c3c1-c1ccccc1CC3)CCc1ccccc1-2. The van der Waals surface area contributed by atoms with E-state index >= 15 is 0 Å². The maximum Gasteiger partial charge on any atom is 0.416 e. The monoisotopic (exact) mass is 470 g/mol. The number of aryl methyl sites for hydroxylation is 2. The lowest BCUT2D eigenvalue weighted by Gasteiger charge is -2.29. The van der Waals surface area contributed by atoms with Crippen molar-refractivity contribution in [1.29, 1.82) is 0 Å². The molecule has 4 heteroatoms. The van der Waals surface area contributed by atoms with Gasteiger partial charge in [0.25, 0.3) is 0 Å². The van der Waals surface area contributed by atoms with Gasteiger partial charge in [-0.25, -0.2) is 0 Å². The molecule has 1 heterocycles. The van der Waals surface area contributed by atoms with Gasteiger partial charge in [0, 0.05) is 27.8 Å². The third kappa shape index (κ3) is 3.50. The number of hydrogen-bond acceptors (Lipinski definition) is 0. The number of fused-ring (bicyclic) bond motifs is 6. The van der Waals surface area contributed by atoms with Gasteiger partial charge in [0.15, 0.2) is 6.04 Å². The van der Waals surface area contributed by atoms with Crippen molar-refractivity contribution in [2.45, 2.75) is 51.7 Å². The van der Waals surface area contributed by atoms with Crippen molar-refractivity contribution in [2.75, 3.05) is 0 Å². The van der Waals surface area contributed by atoms with Crippen molar-refractivity contribution >= 4 is 0 Å². The van der Waals surface area contributed by atoms with E-state index in [0.29, 0.717) is 0 Å². The van der Waals surface area contributed by atoms with Gasteiger partial charge in [-0.05, 0) is 80.5 Å². The molecule has 2 aliphatic carbocycles. The molecule has 35 heavy (non-hydrogen) atoms. The van der Waals surface area contributed by atoms with E-state index in [4.69, 9.17) is 0 Å². The van der Waals surface area contributed by atoms with E-state index in [1.807, 2.05) is 0 Å². The van der Waals surface area contributed by atoms with Crippen LogP contribution in [0.4, 0.5) is 13.2 Å². The van der Waals surface area contributed by atoms with Gasteiger partial charge in [-0.2, -0.15) is 17.7 Å². The number of alkyl halides is 3. The highest BCUT2D eigenvalue weighted by atomic mass is 19.4. The molecule has 176 valence electrons. The van der Waals surface area contributed by atoms with E-state index in [0.717, 1.165) is 36.8 Å². The lowest BCUT2D eigenvalue weighted by atomic mass is 9.77. The summed E-state index contributed by atoms with van der Waals surface area (Å²) in [6.07, 6.45) is -0.712. The Balaban J connectivity index is 1.73. The van der Waals surface area contributed by atoms with E-state index in [9.17, 15) is 13.2 Å². The Labute approximate surface area is 203 Å². The lowest BCUT2D eigenvalue weighted by molar-refractivity contribution is -0.696. The molecule has 0 spiro atoms. The summed E-state index contributed by atoms with van der Waals surface area (Å²) >= 11 is 0. The molecule has 0 aliphatic heterocycles. The van der Waals surface area contributed by atoms with E-state index in [1.165, 1.54) is 56.9 Å². The zero-order valence-electron chi connectivity index (χ0n) is 19.9. The second-order valence-corrected chi connectivity index (χ2v) is 9.88. The first-order chi connectivity index (χ1) is 16.8.